The molecule has 4 N–H and O–H groups in total. The summed E-state index contributed by atoms with van der Waals surface area (Å²) in [7, 11) is 0. The predicted molar refractivity (Wildman–Crippen MR) is 65.9 cm³/mol. The molecule has 6 heteroatoms. The molecule has 0 aliphatic carbocycles. The summed E-state index contributed by atoms with van der Waals surface area (Å²) in [5.41, 5.74) is 5.36. The molecular formula is C11H22N2O4. The third-order valence-electron chi connectivity index (χ3n) is 1.94. The molecule has 0 heterocycles. The van der Waals surface area contributed by atoms with Crippen molar-refractivity contribution in [3.05, 3.63) is 12.2 Å². The lowest BCUT2D eigenvalue weighted by Gasteiger charge is -2.16. The molecule has 0 amide bonds. The number of nitrogens with zero attached hydrogens (tertiary/aromatic N) is 1. The molecule has 0 saturated heterocycles. The number of carboxylic acid groups (broad SMARTS) is 2. The van der Waals surface area contributed by atoms with E-state index in [0.717, 1.165) is 32.6 Å². The van der Waals surface area contributed by atoms with Crippen molar-refractivity contribution in [2.24, 2.45) is 5.73 Å². The van der Waals surface area contributed by atoms with E-state index in [4.69, 9.17) is 15.9 Å². The van der Waals surface area contributed by atoms with E-state index < -0.39 is 11.9 Å². The summed E-state index contributed by atoms with van der Waals surface area (Å²) in [5.74, 6) is -2.51. The molecule has 0 aromatic heterocycles. The maximum absolute atomic E-state index is 9.55. The molecule has 0 aliphatic heterocycles. The predicted octanol–water partition coefficient (Wildman–Crippen LogP) is 0.389. The summed E-state index contributed by atoms with van der Waals surface area (Å²) in [5, 5.41) is 15.6. The van der Waals surface area contributed by atoms with Crippen molar-refractivity contribution in [3.63, 3.8) is 0 Å². The molecule has 0 spiro atoms. The van der Waals surface area contributed by atoms with Crippen LogP contribution in [0.25, 0.3) is 0 Å². The van der Waals surface area contributed by atoms with Gasteiger partial charge >= 0.3 is 11.9 Å². The van der Waals surface area contributed by atoms with Crippen molar-refractivity contribution in [2.75, 3.05) is 26.2 Å². The van der Waals surface area contributed by atoms with E-state index >= 15 is 0 Å². The van der Waals surface area contributed by atoms with Gasteiger partial charge in [0.05, 0.1) is 0 Å². The van der Waals surface area contributed by atoms with Gasteiger partial charge in [0.25, 0.3) is 0 Å². The third kappa shape index (κ3) is 17.2. The van der Waals surface area contributed by atoms with E-state index in [-0.39, 0.29) is 0 Å². The van der Waals surface area contributed by atoms with Crippen LogP contribution in [0.2, 0.25) is 0 Å². The average molecular weight is 246 g/mol. The fourth-order valence-corrected chi connectivity index (χ4v) is 0.997. The van der Waals surface area contributed by atoms with E-state index in [1.807, 2.05) is 0 Å². The smallest absolute Gasteiger partial charge is 0.328 e. The first-order valence-corrected chi connectivity index (χ1v) is 5.54. The molecule has 0 atom stereocenters. The van der Waals surface area contributed by atoms with E-state index in [0.29, 0.717) is 12.2 Å². The van der Waals surface area contributed by atoms with E-state index in [9.17, 15) is 9.59 Å². The normalized spacial score (nSPS) is 10.1. The summed E-state index contributed by atoms with van der Waals surface area (Å²) in [6.45, 7) is 8.63. The Bertz CT molecular complexity index is 222. The van der Waals surface area contributed by atoms with Gasteiger partial charge in [-0.2, -0.15) is 0 Å². The van der Waals surface area contributed by atoms with Gasteiger partial charge in [0.15, 0.2) is 0 Å². The molecule has 0 aromatic rings. The Kier molecular flexibility index (Phi) is 13.4. The summed E-state index contributed by atoms with van der Waals surface area (Å²) in [6, 6.07) is 0. The Labute approximate surface area is 102 Å². The molecule has 17 heavy (non-hydrogen) atoms. The van der Waals surface area contributed by atoms with Crippen LogP contribution in [-0.2, 0) is 9.59 Å². The van der Waals surface area contributed by atoms with Crippen LogP contribution in [0.15, 0.2) is 12.2 Å². The monoisotopic (exact) mass is 246 g/mol. The van der Waals surface area contributed by atoms with Crippen molar-refractivity contribution < 1.29 is 19.8 Å². The van der Waals surface area contributed by atoms with Gasteiger partial charge < -0.3 is 20.8 Å². The van der Waals surface area contributed by atoms with Crippen molar-refractivity contribution in [3.8, 4) is 0 Å². The maximum atomic E-state index is 9.55. The van der Waals surface area contributed by atoms with Crippen LogP contribution in [0.3, 0.4) is 0 Å². The molecule has 0 aliphatic rings. The highest BCUT2D eigenvalue weighted by Gasteiger charge is 1.94. The largest absolute Gasteiger partial charge is 0.478 e. The lowest BCUT2D eigenvalue weighted by atomic mass is 10.4. The summed E-state index contributed by atoms with van der Waals surface area (Å²) >= 11 is 0. The first-order valence-electron chi connectivity index (χ1n) is 5.54. The molecule has 0 bridgehead atoms. The molecular weight excluding hydrogens is 224 g/mol. The summed E-state index contributed by atoms with van der Waals surface area (Å²) in [4.78, 5) is 21.5. The van der Waals surface area contributed by atoms with Gasteiger partial charge in [-0.1, -0.05) is 13.8 Å². The van der Waals surface area contributed by atoms with Crippen LogP contribution >= 0.6 is 0 Å². The van der Waals surface area contributed by atoms with Gasteiger partial charge in [-0.05, 0) is 32.6 Å². The molecule has 0 rings (SSSR count). The van der Waals surface area contributed by atoms with Crippen molar-refractivity contribution in [1.29, 1.82) is 0 Å². The van der Waals surface area contributed by atoms with Gasteiger partial charge in [-0.25, -0.2) is 9.59 Å². The zero-order valence-corrected chi connectivity index (χ0v) is 10.4. The number of hydrogen-bond acceptors (Lipinski definition) is 4. The number of nitrogens with two attached hydrogens (primary N) is 1. The molecule has 0 saturated carbocycles. The number of aliphatic carboxylic acids is 2. The molecule has 6 nitrogen and oxygen atoms in total. The molecule has 0 radical (unpaired) electrons. The van der Waals surface area contributed by atoms with Gasteiger partial charge in [0.1, 0.15) is 0 Å². The zero-order chi connectivity index (χ0) is 13.7. The first kappa shape index (κ1) is 18.0. The zero-order valence-electron chi connectivity index (χ0n) is 10.4. The van der Waals surface area contributed by atoms with Crippen molar-refractivity contribution in [1.82, 2.24) is 4.90 Å². The second-order valence-corrected chi connectivity index (χ2v) is 3.18. The number of hydrogen-bond donors (Lipinski definition) is 3. The minimum atomic E-state index is -1.26. The van der Waals surface area contributed by atoms with Crippen LogP contribution in [-0.4, -0.2) is 53.2 Å². The van der Waals surface area contributed by atoms with Crippen LogP contribution in [0.1, 0.15) is 20.3 Å². The Morgan fingerprint density at radius 3 is 1.76 bits per heavy atom. The minimum Gasteiger partial charge on any atom is -0.478 e. The van der Waals surface area contributed by atoms with Crippen molar-refractivity contribution in [2.45, 2.75) is 20.3 Å². The Hall–Kier alpha value is -1.40. The van der Waals surface area contributed by atoms with E-state index in [1.165, 1.54) is 0 Å². The van der Waals surface area contributed by atoms with Crippen molar-refractivity contribution >= 4 is 11.9 Å². The van der Waals surface area contributed by atoms with E-state index in [2.05, 4.69) is 18.7 Å². The number of carboxylic acids is 2. The average Bonchev–Trinajstić information content (AvgIpc) is 2.29. The number of carbonyl (C=O) groups is 2. The standard InChI is InChI=1S/C7H18N2.C4H4O4/c1-3-9(4-2)7-5-6-8;5-3(6)1-2-4(7)8/h3-8H2,1-2H3;1-2H,(H,5,6)(H,7,8). The quantitative estimate of drug-likeness (QED) is 0.561. The Balaban J connectivity index is 0. The van der Waals surface area contributed by atoms with Gasteiger partial charge in [-0.15, -0.1) is 0 Å². The molecule has 100 valence electrons. The lowest BCUT2D eigenvalue weighted by molar-refractivity contribution is -0.134. The fraction of sp³-hybridized carbons (Fsp3) is 0.636. The van der Waals surface area contributed by atoms with Gasteiger partial charge in [-0.3, -0.25) is 0 Å². The molecule has 0 fully saturated rings. The first-order chi connectivity index (χ1) is 7.97. The third-order valence-corrected chi connectivity index (χ3v) is 1.94. The second kappa shape index (κ2) is 12.7. The Morgan fingerprint density at radius 1 is 1.12 bits per heavy atom. The van der Waals surface area contributed by atoms with Crippen LogP contribution < -0.4 is 5.73 Å². The highest BCUT2D eigenvalue weighted by molar-refractivity contribution is 5.89. The maximum Gasteiger partial charge on any atom is 0.328 e. The minimum absolute atomic E-state index is 0.558. The SMILES string of the molecule is CCN(CC)CCCN.O=C(O)C=CC(=O)O. The van der Waals surface area contributed by atoms with Crippen LogP contribution in [0, 0.1) is 0 Å². The molecule has 0 unspecified atom stereocenters. The fourth-order valence-electron chi connectivity index (χ4n) is 0.997. The topological polar surface area (TPSA) is 104 Å². The van der Waals surface area contributed by atoms with Gasteiger partial charge in [0.2, 0.25) is 0 Å². The van der Waals surface area contributed by atoms with E-state index in [1.54, 1.807) is 0 Å². The summed E-state index contributed by atoms with van der Waals surface area (Å²) < 4.78 is 0. The lowest BCUT2D eigenvalue weighted by Crippen LogP contribution is -2.25. The second-order valence-electron chi connectivity index (χ2n) is 3.18. The highest BCUT2D eigenvalue weighted by Crippen LogP contribution is 1.87. The van der Waals surface area contributed by atoms with Crippen LogP contribution in [0.5, 0.6) is 0 Å². The molecule has 0 aromatic carbocycles. The van der Waals surface area contributed by atoms with Crippen LogP contribution in [0.4, 0.5) is 0 Å². The van der Waals surface area contributed by atoms with Gasteiger partial charge in [0, 0.05) is 12.2 Å². The summed E-state index contributed by atoms with van der Waals surface area (Å²) in [6.07, 6.45) is 2.24. The number of rotatable bonds is 7. The highest BCUT2D eigenvalue weighted by atomic mass is 16.4. The Morgan fingerprint density at radius 2 is 1.53 bits per heavy atom.